The van der Waals surface area contributed by atoms with Gasteiger partial charge in [0.2, 0.25) is 0 Å². The Hall–Kier alpha value is -1.22. The number of carbonyl (C=O) groups is 2. The van der Waals surface area contributed by atoms with Crippen LogP contribution in [0.1, 0.15) is 110 Å². The number of rotatable bonds is 21. The maximum Gasteiger partial charge on any atom is 0.322 e. The minimum atomic E-state index is -1.18. The summed E-state index contributed by atoms with van der Waals surface area (Å²) in [4.78, 5) is 21.0. The van der Waals surface area contributed by atoms with Crippen molar-refractivity contribution in [1.82, 2.24) is 0 Å². The number of hydrogen-bond donors (Lipinski definition) is 5. The molecule has 0 fully saturated rings. The normalized spacial score (nSPS) is 12.5. The van der Waals surface area contributed by atoms with Crippen molar-refractivity contribution in [2.24, 2.45) is 5.73 Å². The Labute approximate surface area is 194 Å². The Kier molecular flexibility index (Phi) is 26.8. The summed E-state index contributed by atoms with van der Waals surface area (Å²) in [7, 11) is 0. The highest BCUT2D eigenvalue weighted by molar-refractivity contribution is 5.73. The number of carboxylic acid groups (broad SMARTS) is 1. The number of esters is 1. The number of aliphatic carboxylic acids is 1. The molecular weight excluding hydrogens is 414 g/mol. The zero-order valence-corrected chi connectivity index (χ0v) is 20.2. The maximum atomic E-state index is 11.4. The molecule has 0 spiro atoms. The van der Waals surface area contributed by atoms with Crippen LogP contribution < -0.4 is 5.73 Å². The van der Waals surface area contributed by atoms with Crippen molar-refractivity contribution in [3.63, 3.8) is 0 Å². The molecule has 0 aromatic carbocycles. The molecule has 0 heterocycles. The molecule has 2 atom stereocenters. The largest absolute Gasteiger partial charge is 0.480 e. The second kappa shape index (κ2) is 26.0. The van der Waals surface area contributed by atoms with Crippen LogP contribution in [0, 0.1) is 0 Å². The highest BCUT2D eigenvalue weighted by Gasteiger charge is 2.07. The first-order valence-electron chi connectivity index (χ1n) is 12.4. The minimum Gasteiger partial charge on any atom is -0.480 e. The molecule has 0 aliphatic rings. The zero-order valence-electron chi connectivity index (χ0n) is 20.2. The first-order chi connectivity index (χ1) is 15.4. The molecule has 0 saturated carbocycles. The topological polar surface area (TPSA) is 150 Å². The average Bonchev–Trinajstić information content (AvgIpc) is 2.79. The fourth-order valence-corrected chi connectivity index (χ4v) is 3.03. The molecular formula is C24H49NO7. The number of nitrogens with two attached hydrogens (primary N) is 1. The standard InChI is InChI=1S/C21H42O4.C3H7NO3/c1-2-3-4-5-6-7-8-9-10-11-12-13-14-15-16-17-21(24)25-19-20(23)18-22;4-2(1-5)3(6)7/h20,22-23H,2-19H2,1H3;2,5H,1,4H2,(H,6,7)/t;2-/m.0/s1. The number of unbranched alkanes of at least 4 members (excludes halogenated alkanes) is 14. The van der Waals surface area contributed by atoms with Crippen molar-refractivity contribution >= 4 is 11.9 Å². The molecule has 0 aromatic rings. The maximum absolute atomic E-state index is 11.4. The van der Waals surface area contributed by atoms with Crippen molar-refractivity contribution in [2.45, 2.75) is 122 Å². The smallest absolute Gasteiger partial charge is 0.322 e. The second-order valence-corrected chi connectivity index (χ2v) is 8.35. The molecule has 0 aromatic heterocycles. The SMILES string of the molecule is CCCCCCCCCCCCCCCCCC(=O)OCC(O)CO.N[C@@H](CO)C(=O)O. The molecule has 1 unspecified atom stereocenters. The number of aliphatic hydroxyl groups is 3. The Morgan fingerprint density at radius 3 is 1.47 bits per heavy atom. The lowest BCUT2D eigenvalue weighted by Gasteiger charge is -2.08. The summed E-state index contributed by atoms with van der Waals surface area (Å²) in [6.45, 7) is 1.29. The Morgan fingerprint density at radius 2 is 1.16 bits per heavy atom. The number of aliphatic hydroxyl groups excluding tert-OH is 3. The first-order valence-corrected chi connectivity index (χ1v) is 12.4. The van der Waals surface area contributed by atoms with E-state index in [1.54, 1.807) is 0 Å². The molecule has 8 heteroatoms. The van der Waals surface area contributed by atoms with E-state index in [1.807, 2.05) is 0 Å². The summed E-state index contributed by atoms with van der Waals surface area (Å²) >= 11 is 0. The molecule has 0 bridgehead atoms. The number of carbonyl (C=O) groups excluding carboxylic acids is 1. The van der Waals surface area contributed by atoms with Crippen LogP contribution in [0.3, 0.4) is 0 Å². The predicted molar refractivity (Wildman–Crippen MR) is 126 cm³/mol. The minimum absolute atomic E-state index is 0.103. The summed E-state index contributed by atoms with van der Waals surface area (Å²) in [5.74, 6) is -1.45. The van der Waals surface area contributed by atoms with E-state index < -0.39 is 24.7 Å². The molecule has 6 N–H and O–H groups in total. The summed E-state index contributed by atoms with van der Waals surface area (Å²) in [5.41, 5.74) is 4.77. The van der Waals surface area contributed by atoms with Gasteiger partial charge in [0.25, 0.3) is 0 Å². The molecule has 0 rings (SSSR count). The zero-order chi connectivity index (χ0) is 24.5. The van der Waals surface area contributed by atoms with E-state index in [1.165, 1.54) is 83.5 Å². The van der Waals surface area contributed by atoms with Gasteiger partial charge in [-0.3, -0.25) is 9.59 Å². The van der Waals surface area contributed by atoms with Gasteiger partial charge in [-0.2, -0.15) is 0 Å². The van der Waals surface area contributed by atoms with Crippen LogP contribution in [-0.4, -0.2) is 64.3 Å². The number of carboxylic acids is 1. The van der Waals surface area contributed by atoms with Gasteiger partial charge >= 0.3 is 11.9 Å². The van der Waals surface area contributed by atoms with Crippen molar-refractivity contribution in [2.75, 3.05) is 19.8 Å². The van der Waals surface area contributed by atoms with E-state index in [2.05, 4.69) is 6.92 Å². The Balaban J connectivity index is 0. The van der Waals surface area contributed by atoms with E-state index in [0.717, 1.165) is 12.8 Å². The fraction of sp³-hybridized carbons (Fsp3) is 0.917. The van der Waals surface area contributed by atoms with Crippen molar-refractivity contribution in [3.05, 3.63) is 0 Å². The van der Waals surface area contributed by atoms with Crippen molar-refractivity contribution < 1.29 is 34.8 Å². The lowest BCUT2D eigenvalue weighted by atomic mass is 10.0. The van der Waals surface area contributed by atoms with Crippen molar-refractivity contribution in [1.29, 1.82) is 0 Å². The molecule has 0 aliphatic heterocycles. The van der Waals surface area contributed by atoms with E-state index in [-0.39, 0.29) is 19.2 Å². The lowest BCUT2D eigenvalue weighted by Crippen LogP contribution is -2.33. The van der Waals surface area contributed by atoms with Crippen LogP contribution >= 0.6 is 0 Å². The Bertz CT molecular complexity index is 421. The third kappa shape index (κ3) is 26.8. The predicted octanol–water partition coefficient (Wildman–Crippen LogP) is 3.53. The Morgan fingerprint density at radius 1 is 0.750 bits per heavy atom. The van der Waals surface area contributed by atoms with Crippen LogP contribution in [-0.2, 0) is 14.3 Å². The van der Waals surface area contributed by atoms with E-state index in [4.69, 9.17) is 30.9 Å². The monoisotopic (exact) mass is 463 g/mol. The van der Waals surface area contributed by atoms with Crippen molar-refractivity contribution in [3.8, 4) is 0 Å². The van der Waals surface area contributed by atoms with Crippen LogP contribution in [0.2, 0.25) is 0 Å². The highest BCUT2D eigenvalue weighted by Crippen LogP contribution is 2.13. The lowest BCUT2D eigenvalue weighted by molar-refractivity contribution is -0.147. The molecule has 0 saturated heterocycles. The molecule has 192 valence electrons. The number of hydrogen-bond acceptors (Lipinski definition) is 7. The van der Waals surface area contributed by atoms with Gasteiger partial charge in [0.15, 0.2) is 0 Å². The van der Waals surface area contributed by atoms with E-state index >= 15 is 0 Å². The summed E-state index contributed by atoms with van der Waals surface area (Å²) in [6, 6.07) is -1.13. The van der Waals surface area contributed by atoms with Crippen LogP contribution in [0.4, 0.5) is 0 Å². The first kappa shape index (κ1) is 33.0. The summed E-state index contributed by atoms with van der Waals surface area (Å²) in [6.07, 6.45) is 19.0. The highest BCUT2D eigenvalue weighted by atomic mass is 16.5. The fourth-order valence-electron chi connectivity index (χ4n) is 3.03. The third-order valence-corrected chi connectivity index (χ3v) is 5.15. The van der Waals surface area contributed by atoms with Gasteiger partial charge in [-0.05, 0) is 6.42 Å². The molecule has 8 nitrogen and oxygen atoms in total. The van der Waals surface area contributed by atoms with Gasteiger partial charge in [-0.15, -0.1) is 0 Å². The third-order valence-electron chi connectivity index (χ3n) is 5.15. The van der Waals surface area contributed by atoms with Gasteiger partial charge < -0.3 is 30.9 Å². The summed E-state index contributed by atoms with van der Waals surface area (Å²) in [5, 5.41) is 33.6. The molecule has 0 radical (unpaired) electrons. The van der Waals surface area contributed by atoms with Gasteiger partial charge in [0.1, 0.15) is 18.8 Å². The van der Waals surface area contributed by atoms with Crippen LogP contribution in [0.5, 0.6) is 0 Å². The van der Waals surface area contributed by atoms with Gasteiger partial charge in [-0.25, -0.2) is 0 Å². The second-order valence-electron chi connectivity index (χ2n) is 8.35. The average molecular weight is 464 g/mol. The molecule has 0 aliphatic carbocycles. The van der Waals surface area contributed by atoms with Gasteiger partial charge in [-0.1, -0.05) is 96.8 Å². The van der Waals surface area contributed by atoms with Gasteiger partial charge in [0, 0.05) is 6.42 Å². The molecule has 0 amide bonds. The van der Waals surface area contributed by atoms with Crippen LogP contribution in [0.15, 0.2) is 0 Å². The van der Waals surface area contributed by atoms with E-state index in [9.17, 15) is 9.59 Å². The van der Waals surface area contributed by atoms with Gasteiger partial charge in [0.05, 0.1) is 13.2 Å². The summed E-state index contributed by atoms with van der Waals surface area (Å²) < 4.78 is 4.86. The number of ether oxygens (including phenoxy) is 1. The molecule has 32 heavy (non-hydrogen) atoms. The van der Waals surface area contributed by atoms with Crippen LogP contribution in [0.25, 0.3) is 0 Å². The quantitative estimate of drug-likeness (QED) is 0.128. The van der Waals surface area contributed by atoms with E-state index in [0.29, 0.717) is 6.42 Å².